The molecule has 0 unspecified atom stereocenters. The number of rotatable bonds is 4. The highest BCUT2D eigenvalue weighted by atomic mass is 15.0. The van der Waals surface area contributed by atoms with Crippen LogP contribution in [0.25, 0.3) is 82.6 Å². The van der Waals surface area contributed by atoms with Crippen LogP contribution in [0.1, 0.15) is 18.7 Å². The number of hydrogen-bond donors (Lipinski definition) is 0. The lowest BCUT2D eigenvalue weighted by Crippen LogP contribution is -2.04. The minimum atomic E-state index is 0.685. The summed E-state index contributed by atoms with van der Waals surface area (Å²) in [5.41, 5.74) is 5.43. The highest BCUT2D eigenvalue weighted by Crippen LogP contribution is 2.38. The SMILES string of the molecule is C1=CCCC(c2nc(-c3ccccc3)nc(-c3cc(-c4ccc5c(ccc6c7ccccc7ccc56)c4)c4ccccc4c3)n2)=C1. The Bertz CT molecular complexity index is 2530. The van der Waals surface area contributed by atoms with Gasteiger partial charge in [0.25, 0.3) is 0 Å². The van der Waals surface area contributed by atoms with Crippen molar-refractivity contribution in [2.24, 2.45) is 0 Å². The molecule has 1 aliphatic rings. The van der Waals surface area contributed by atoms with E-state index in [1.807, 2.05) is 18.2 Å². The number of hydrogen-bond acceptors (Lipinski definition) is 3. The predicted molar refractivity (Wildman–Crippen MR) is 193 cm³/mol. The number of nitrogens with zero attached hydrogens (tertiary/aromatic N) is 3. The fraction of sp³-hybridized carbons (Fsp3) is 0.0465. The molecule has 0 saturated carbocycles. The molecule has 1 heterocycles. The number of benzene rings is 7. The molecule has 3 nitrogen and oxygen atoms in total. The summed E-state index contributed by atoms with van der Waals surface area (Å²) < 4.78 is 0. The molecule has 0 aliphatic heterocycles. The Morgan fingerprint density at radius 3 is 1.83 bits per heavy atom. The van der Waals surface area contributed by atoms with Crippen molar-refractivity contribution in [3.63, 3.8) is 0 Å². The first-order chi connectivity index (χ1) is 22.8. The normalized spacial score (nSPS) is 13.1. The molecule has 0 fully saturated rings. The molecular weight excluding hydrogens is 558 g/mol. The van der Waals surface area contributed by atoms with Crippen LogP contribution in [-0.4, -0.2) is 15.0 Å². The molecule has 0 saturated heterocycles. The first-order valence-electron chi connectivity index (χ1n) is 15.8. The van der Waals surface area contributed by atoms with E-state index in [0.29, 0.717) is 11.6 Å². The molecule has 1 aromatic heterocycles. The summed E-state index contributed by atoms with van der Waals surface area (Å²) >= 11 is 0. The van der Waals surface area contributed by atoms with Gasteiger partial charge in [-0.05, 0) is 90.8 Å². The summed E-state index contributed by atoms with van der Waals surface area (Å²) in [7, 11) is 0. The minimum absolute atomic E-state index is 0.685. The molecule has 1 aliphatic carbocycles. The van der Waals surface area contributed by atoms with Crippen LogP contribution in [0, 0.1) is 0 Å². The maximum Gasteiger partial charge on any atom is 0.164 e. The first-order valence-corrected chi connectivity index (χ1v) is 15.8. The summed E-state index contributed by atoms with van der Waals surface area (Å²) in [4.78, 5) is 15.1. The summed E-state index contributed by atoms with van der Waals surface area (Å²) in [6.45, 7) is 0. The molecule has 0 bridgehead atoms. The van der Waals surface area contributed by atoms with Crippen LogP contribution in [0.3, 0.4) is 0 Å². The van der Waals surface area contributed by atoms with Gasteiger partial charge in [0.05, 0.1) is 0 Å². The quantitative estimate of drug-likeness (QED) is 0.192. The van der Waals surface area contributed by atoms with Crippen LogP contribution in [0.4, 0.5) is 0 Å². The third-order valence-electron chi connectivity index (χ3n) is 9.14. The highest BCUT2D eigenvalue weighted by Gasteiger charge is 2.17. The zero-order valence-electron chi connectivity index (χ0n) is 25.2. The van der Waals surface area contributed by atoms with E-state index in [2.05, 4.69) is 133 Å². The average Bonchev–Trinajstić information content (AvgIpc) is 3.14. The maximum absolute atomic E-state index is 5.08. The van der Waals surface area contributed by atoms with Gasteiger partial charge in [-0.3, -0.25) is 0 Å². The zero-order valence-corrected chi connectivity index (χ0v) is 25.2. The molecule has 8 aromatic rings. The van der Waals surface area contributed by atoms with Crippen LogP contribution in [-0.2, 0) is 0 Å². The van der Waals surface area contributed by atoms with Gasteiger partial charge in [-0.1, -0.05) is 133 Å². The van der Waals surface area contributed by atoms with Gasteiger partial charge in [0, 0.05) is 11.1 Å². The Morgan fingerprint density at radius 1 is 0.413 bits per heavy atom. The molecule has 0 amide bonds. The molecule has 3 heteroatoms. The highest BCUT2D eigenvalue weighted by molar-refractivity contribution is 6.17. The van der Waals surface area contributed by atoms with Crippen molar-refractivity contribution in [3.8, 4) is 33.9 Å². The largest absolute Gasteiger partial charge is 0.209 e. The van der Waals surface area contributed by atoms with Gasteiger partial charge in [-0.15, -0.1) is 0 Å². The molecule has 0 radical (unpaired) electrons. The second-order valence-electron chi connectivity index (χ2n) is 12.0. The molecule has 0 atom stereocenters. The van der Waals surface area contributed by atoms with Crippen LogP contribution in [0.5, 0.6) is 0 Å². The molecule has 0 spiro atoms. The van der Waals surface area contributed by atoms with Gasteiger partial charge in [-0.2, -0.15) is 0 Å². The molecule has 216 valence electrons. The number of aromatic nitrogens is 3. The predicted octanol–water partition coefficient (Wildman–Crippen LogP) is 11.2. The standard InChI is InChI=1S/C43H29N3/c1-3-12-29(13-4-1)41-44-42(30-14-5-2-6-15-30)46-43(45-41)34-26-31-16-8-10-18-36(31)40(27-34)33-20-22-37-32(25-33)21-24-38-35-17-9-7-11-28(35)19-23-39(37)38/h1-5,7-14,16-27H,6,15H2. The van der Waals surface area contributed by atoms with Gasteiger partial charge in [-0.25, -0.2) is 15.0 Å². The van der Waals surface area contributed by atoms with Crippen molar-refractivity contribution in [1.82, 2.24) is 15.0 Å². The van der Waals surface area contributed by atoms with E-state index < -0.39 is 0 Å². The lowest BCUT2D eigenvalue weighted by atomic mass is 9.92. The second kappa shape index (κ2) is 10.9. The third-order valence-corrected chi connectivity index (χ3v) is 9.14. The fourth-order valence-electron chi connectivity index (χ4n) is 6.83. The first kappa shape index (κ1) is 26.5. The third kappa shape index (κ3) is 4.56. The minimum Gasteiger partial charge on any atom is -0.209 e. The van der Waals surface area contributed by atoms with E-state index in [4.69, 9.17) is 15.0 Å². The fourth-order valence-corrected chi connectivity index (χ4v) is 6.83. The van der Waals surface area contributed by atoms with Crippen LogP contribution < -0.4 is 0 Å². The number of fused-ring (bicyclic) bond motifs is 6. The maximum atomic E-state index is 5.08. The summed E-state index contributed by atoms with van der Waals surface area (Å²) in [5, 5.41) is 9.96. The Labute approximate surface area is 267 Å². The monoisotopic (exact) mass is 587 g/mol. The molecule has 0 N–H and O–H groups in total. The van der Waals surface area contributed by atoms with Gasteiger partial charge >= 0.3 is 0 Å². The number of allylic oxidation sites excluding steroid dienone is 4. The van der Waals surface area contributed by atoms with E-state index in [1.54, 1.807) is 0 Å². The van der Waals surface area contributed by atoms with E-state index >= 15 is 0 Å². The van der Waals surface area contributed by atoms with Crippen molar-refractivity contribution in [2.45, 2.75) is 12.8 Å². The molecule has 7 aromatic carbocycles. The summed E-state index contributed by atoms with van der Waals surface area (Å²) in [6.07, 6.45) is 8.32. The van der Waals surface area contributed by atoms with Crippen molar-refractivity contribution in [1.29, 1.82) is 0 Å². The topological polar surface area (TPSA) is 38.7 Å². The van der Waals surface area contributed by atoms with E-state index in [0.717, 1.165) is 46.3 Å². The molecule has 9 rings (SSSR count). The Kier molecular flexibility index (Phi) is 6.27. The van der Waals surface area contributed by atoms with E-state index in [9.17, 15) is 0 Å². The van der Waals surface area contributed by atoms with E-state index in [1.165, 1.54) is 43.3 Å². The van der Waals surface area contributed by atoms with Crippen molar-refractivity contribution >= 4 is 48.7 Å². The second-order valence-corrected chi connectivity index (χ2v) is 12.0. The summed E-state index contributed by atoms with van der Waals surface area (Å²) in [5.74, 6) is 2.12. The van der Waals surface area contributed by atoms with Crippen LogP contribution in [0.15, 0.2) is 152 Å². The lowest BCUT2D eigenvalue weighted by molar-refractivity contribution is 0.978. The Morgan fingerprint density at radius 2 is 1.02 bits per heavy atom. The van der Waals surface area contributed by atoms with E-state index in [-0.39, 0.29) is 0 Å². The average molecular weight is 588 g/mol. The lowest BCUT2D eigenvalue weighted by Gasteiger charge is -2.14. The smallest absolute Gasteiger partial charge is 0.164 e. The van der Waals surface area contributed by atoms with Crippen molar-refractivity contribution < 1.29 is 0 Å². The Hall–Kier alpha value is -5.93. The van der Waals surface area contributed by atoms with Crippen molar-refractivity contribution in [2.75, 3.05) is 0 Å². The van der Waals surface area contributed by atoms with Gasteiger partial charge in [0.2, 0.25) is 0 Å². The van der Waals surface area contributed by atoms with Crippen molar-refractivity contribution in [3.05, 3.63) is 158 Å². The molecule has 46 heavy (non-hydrogen) atoms. The Balaban J connectivity index is 1.23. The van der Waals surface area contributed by atoms with Gasteiger partial charge < -0.3 is 0 Å². The van der Waals surface area contributed by atoms with Gasteiger partial charge in [0.15, 0.2) is 17.5 Å². The van der Waals surface area contributed by atoms with Crippen LogP contribution in [0.2, 0.25) is 0 Å². The zero-order chi connectivity index (χ0) is 30.5. The van der Waals surface area contributed by atoms with Gasteiger partial charge in [0.1, 0.15) is 0 Å². The molecular formula is C43H29N3. The van der Waals surface area contributed by atoms with Crippen LogP contribution >= 0.6 is 0 Å². The summed E-state index contributed by atoms with van der Waals surface area (Å²) in [6, 6.07) is 47.8.